The van der Waals surface area contributed by atoms with Crippen LogP contribution in [0.5, 0.6) is 0 Å². The van der Waals surface area contributed by atoms with E-state index in [-0.39, 0.29) is 5.83 Å². The molecule has 0 radical (unpaired) electrons. The molecule has 0 aliphatic heterocycles. The SMILES string of the molecule is C=C(C)/C(F)=C\C(=C/C)C(C)CCC. The van der Waals surface area contributed by atoms with Crippen molar-refractivity contribution in [1.82, 2.24) is 0 Å². The fourth-order valence-corrected chi connectivity index (χ4v) is 1.38. The Morgan fingerprint density at radius 1 is 1.50 bits per heavy atom. The fraction of sp³-hybridized carbons (Fsp3) is 0.538. The highest BCUT2D eigenvalue weighted by Gasteiger charge is 2.06. The minimum Gasteiger partial charge on any atom is -0.207 e. The van der Waals surface area contributed by atoms with Crippen molar-refractivity contribution in [2.75, 3.05) is 0 Å². The quantitative estimate of drug-likeness (QED) is 0.554. The number of allylic oxidation sites excluding steroid dienone is 5. The molecule has 0 amide bonds. The first kappa shape index (κ1) is 13.2. The predicted octanol–water partition coefficient (Wildman–Crippen LogP) is 4.80. The van der Waals surface area contributed by atoms with Gasteiger partial charge >= 0.3 is 0 Å². The van der Waals surface area contributed by atoms with Gasteiger partial charge in [-0.15, -0.1) is 0 Å². The van der Waals surface area contributed by atoms with Crippen LogP contribution in [0.15, 0.2) is 35.7 Å². The zero-order chi connectivity index (χ0) is 11.1. The van der Waals surface area contributed by atoms with Crippen LogP contribution < -0.4 is 0 Å². The van der Waals surface area contributed by atoms with Crippen LogP contribution in [-0.2, 0) is 0 Å². The van der Waals surface area contributed by atoms with Gasteiger partial charge in [-0.3, -0.25) is 0 Å². The van der Waals surface area contributed by atoms with Gasteiger partial charge in [-0.25, -0.2) is 4.39 Å². The van der Waals surface area contributed by atoms with E-state index in [1.807, 2.05) is 13.0 Å². The molecule has 0 nitrogen and oxygen atoms in total. The summed E-state index contributed by atoms with van der Waals surface area (Å²) in [7, 11) is 0. The lowest BCUT2D eigenvalue weighted by atomic mass is 9.95. The van der Waals surface area contributed by atoms with E-state index in [1.165, 1.54) is 0 Å². The molecule has 0 saturated heterocycles. The molecule has 1 unspecified atom stereocenters. The second-order valence-corrected chi connectivity index (χ2v) is 3.75. The molecule has 1 atom stereocenters. The second-order valence-electron chi connectivity index (χ2n) is 3.75. The number of halogens is 1. The van der Waals surface area contributed by atoms with Crippen LogP contribution in [0.3, 0.4) is 0 Å². The van der Waals surface area contributed by atoms with Crippen molar-refractivity contribution in [1.29, 1.82) is 0 Å². The Hall–Kier alpha value is -0.850. The molecule has 0 aromatic heterocycles. The Bertz CT molecular complexity index is 246. The van der Waals surface area contributed by atoms with Gasteiger partial charge in [0.05, 0.1) is 0 Å². The van der Waals surface area contributed by atoms with E-state index in [4.69, 9.17) is 0 Å². The van der Waals surface area contributed by atoms with Crippen LogP contribution in [-0.4, -0.2) is 0 Å². The third-order valence-corrected chi connectivity index (χ3v) is 2.33. The molecule has 14 heavy (non-hydrogen) atoms. The van der Waals surface area contributed by atoms with Gasteiger partial charge in [0, 0.05) is 0 Å². The van der Waals surface area contributed by atoms with Crippen molar-refractivity contribution in [3.8, 4) is 0 Å². The van der Waals surface area contributed by atoms with Gasteiger partial charge in [0.15, 0.2) is 0 Å². The fourth-order valence-electron chi connectivity index (χ4n) is 1.38. The predicted molar refractivity (Wildman–Crippen MR) is 61.8 cm³/mol. The van der Waals surface area contributed by atoms with E-state index in [0.717, 1.165) is 18.4 Å². The summed E-state index contributed by atoms with van der Waals surface area (Å²) in [5, 5.41) is 0. The summed E-state index contributed by atoms with van der Waals surface area (Å²) in [5.74, 6) is 0.219. The second kappa shape index (κ2) is 6.58. The molecule has 80 valence electrons. The van der Waals surface area contributed by atoms with Crippen LogP contribution in [0.25, 0.3) is 0 Å². The maximum Gasteiger partial charge on any atom is 0.125 e. The summed E-state index contributed by atoms with van der Waals surface area (Å²) in [6, 6.07) is 0. The topological polar surface area (TPSA) is 0 Å². The van der Waals surface area contributed by atoms with Gasteiger partial charge in [0.2, 0.25) is 0 Å². The molecule has 0 spiro atoms. The first-order chi connectivity index (χ1) is 6.52. The standard InChI is InChI=1S/C13H21F/c1-6-8-11(5)12(7-2)9-13(14)10(3)4/h7,9,11H,3,6,8H2,1-2,4-5H3/b12-7+,13-9+. The lowest BCUT2D eigenvalue weighted by Crippen LogP contribution is -1.97. The van der Waals surface area contributed by atoms with Crippen molar-refractivity contribution in [3.63, 3.8) is 0 Å². The van der Waals surface area contributed by atoms with Gasteiger partial charge in [0.25, 0.3) is 0 Å². The number of rotatable bonds is 5. The van der Waals surface area contributed by atoms with Crippen molar-refractivity contribution in [2.24, 2.45) is 5.92 Å². The van der Waals surface area contributed by atoms with Crippen LogP contribution in [0.1, 0.15) is 40.5 Å². The summed E-state index contributed by atoms with van der Waals surface area (Å²) in [6.45, 7) is 11.5. The lowest BCUT2D eigenvalue weighted by Gasteiger charge is -2.11. The molecule has 0 aliphatic carbocycles. The van der Waals surface area contributed by atoms with Crippen molar-refractivity contribution in [3.05, 3.63) is 35.7 Å². The maximum absolute atomic E-state index is 13.3. The van der Waals surface area contributed by atoms with Gasteiger partial charge in [-0.1, -0.05) is 32.9 Å². The average molecular weight is 196 g/mol. The van der Waals surface area contributed by atoms with E-state index in [2.05, 4.69) is 20.4 Å². The highest BCUT2D eigenvalue weighted by molar-refractivity contribution is 5.30. The molecular weight excluding hydrogens is 175 g/mol. The maximum atomic E-state index is 13.3. The van der Waals surface area contributed by atoms with Crippen LogP contribution >= 0.6 is 0 Å². The van der Waals surface area contributed by atoms with Gasteiger partial charge in [-0.05, 0) is 43.4 Å². The highest BCUT2D eigenvalue weighted by Crippen LogP contribution is 2.21. The minimum atomic E-state index is -0.207. The van der Waals surface area contributed by atoms with Gasteiger partial charge in [-0.2, -0.15) is 0 Å². The Morgan fingerprint density at radius 3 is 2.43 bits per heavy atom. The Kier molecular flexibility index (Phi) is 6.18. The molecule has 0 aromatic carbocycles. The summed E-state index contributed by atoms with van der Waals surface area (Å²) >= 11 is 0. The molecule has 0 rings (SSSR count). The normalized spacial score (nSPS) is 15.5. The Balaban J connectivity index is 4.60. The average Bonchev–Trinajstić information content (AvgIpc) is 2.13. The lowest BCUT2D eigenvalue weighted by molar-refractivity contribution is 0.600. The van der Waals surface area contributed by atoms with E-state index in [0.29, 0.717) is 11.5 Å². The monoisotopic (exact) mass is 196 g/mol. The van der Waals surface area contributed by atoms with E-state index in [9.17, 15) is 4.39 Å². The highest BCUT2D eigenvalue weighted by atomic mass is 19.1. The summed E-state index contributed by atoms with van der Waals surface area (Å²) in [6.07, 6.45) is 5.80. The molecule has 0 heterocycles. The number of hydrogen-bond donors (Lipinski definition) is 0. The Labute approximate surface area is 87.2 Å². The molecule has 0 N–H and O–H groups in total. The molecule has 1 heteroatoms. The number of hydrogen-bond acceptors (Lipinski definition) is 0. The third-order valence-electron chi connectivity index (χ3n) is 2.33. The van der Waals surface area contributed by atoms with Crippen LogP contribution in [0.2, 0.25) is 0 Å². The van der Waals surface area contributed by atoms with Crippen LogP contribution in [0, 0.1) is 5.92 Å². The Morgan fingerprint density at radius 2 is 2.07 bits per heavy atom. The van der Waals surface area contributed by atoms with Crippen LogP contribution in [0.4, 0.5) is 4.39 Å². The van der Waals surface area contributed by atoms with E-state index >= 15 is 0 Å². The van der Waals surface area contributed by atoms with Crippen molar-refractivity contribution in [2.45, 2.75) is 40.5 Å². The summed E-state index contributed by atoms with van der Waals surface area (Å²) < 4.78 is 13.3. The smallest absolute Gasteiger partial charge is 0.125 e. The van der Waals surface area contributed by atoms with E-state index < -0.39 is 0 Å². The molecule has 0 aliphatic rings. The van der Waals surface area contributed by atoms with Gasteiger partial charge in [0.1, 0.15) is 5.83 Å². The molecule has 0 aromatic rings. The zero-order valence-electron chi connectivity index (χ0n) is 9.73. The molecular formula is C13H21F. The summed E-state index contributed by atoms with van der Waals surface area (Å²) in [4.78, 5) is 0. The largest absolute Gasteiger partial charge is 0.207 e. The summed E-state index contributed by atoms with van der Waals surface area (Å²) in [5.41, 5.74) is 1.56. The molecule has 0 saturated carbocycles. The van der Waals surface area contributed by atoms with Gasteiger partial charge < -0.3 is 0 Å². The molecule has 0 bridgehead atoms. The zero-order valence-corrected chi connectivity index (χ0v) is 9.73. The van der Waals surface area contributed by atoms with Crippen molar-refractivity contribution >= 4 is 0 Å². The molecule has 0 fully saturated rings. The van der Waals surface area contributed by atoms with Crippen molar-refractivity contribution < 1.29 is 4.39 Å². The first-order valence-corrected chi connectivity index (χ1v) is 5.22. The first-order valence-electron chi connectivity index (χ1n) is 5.22. The third kappa shape index (κ3) is 4.40. The minimum absolute atomic E-state index is 0.207. The van der Waals surface area contributed by atoms with E-state index in [1.54, 1.807) is 13.0 Å².